The first-order valence-electron chi connectivity index (χ1n) is 9.09. The predicted molar refractivity (Wildman–Crippen MR) is 99.7 cm³/mol. The Balaban J connectivity index is 1.28. The van der Waals surface area contributed by atoms with Gasteiger partial charge in [0.1, 0.15) is 18.3 Å². The molecular weight excluding hydrogens is 346 g/mol. The minimum atomic E-state index is -0.251. The Morgan fingerprint density at radius 3 is 2.85 bits per heavy atom. The molecule has 4 rings (SSSR count). The number of ether oxygens (including phenoxy) is 4. The Kier molecular flexibility index (Phi) is 4.56. The summed E-state index contributed by atoms with van der Waals surface area (Å²) in [5, 5.41) is 2.83. The summed E-state index contributed by atoms with van der Waals surface area (Å²) in [5.41, 5.74) is 0.850. The molecule has 0 aromatic heterocycles. The fraction of sp³-hybridized carbons (Fsp3) is 0.381. The highest BCUT2D eigenvalue weighted by Gasteiger charge is 2.32. The lowest BCUT2D eigenvalue weighted by Crippen LogP contribution is -2.42. The Morgan fingerprint density at radius 2 is 2.00 bits per heavy atom. The van der Waals surface area contributed by atoms with Crippen molar-refractivity contribution in [2.24, 2.45) is 0 Å². The Bertz CT molecular complexity index is 848. The standard InChI is InChI=1S/C21H23NO5/c1-21(2)10-14-6-5-9-18(20(14)27-21)25-13-19(23)22-11-15-12-24-16-7-3-4-8-17(16)26-15/h3-9,15H,10-13H2,1-2H3,(H,22,23)/t15-/m1/s1. The van der Waals surface area contributed by atoms with E-state index >= 15 is 0 Å². The highest BCUT2D eigenvalue weighted by atomic mass is 16.6. The number of benzene rings is 2. The second-order valence-corrected chi connectivity index (χ2v) is 7.37. The molecule has 0 fully saturated rings. The van der Waals surface area contributed by atoms with E-state index in [9.17, 15) is 4.79 Å². The molecule has 1 amide bonds. The number of rotatable bonds is 5. The molecule has 0 spiro atoms. The van der Waals surface area contributed by atoms with Crippen LogP contribution in [0, 0.1) is 0 Å². The van der Waals surface area contributed by atoms with Crippen LogP contribution in [0.4, 0.5) is 0 Å². The third kappa shape index (κ3) is 3.94. The van der Waals surface area contributed by atoms with Crippen molar-refractivity contribution in [2.45, 2.75) is 32.0 Å². The van der Waals surface area contributed by atoms with Crippen LogP contribution in [-0.4, -0.2) is 37.4 Å². The largest absolute Gasteiger partial charge is 0.486 e. The van der Waals surface area contributed by atoms with Crippen molar-refractivity contribution in [3.05, 3.63) is 48.0 Å². The van der Waals surface area contributed by atoms with Gasteiger partial charge >= 0.3 is 0 Å². The molecule has 0 unspecified atom stereocenters. The molecule has 2 aromatic carbocycles. The molecule has 0 saturated heterocycles. The molecule has 6 nitrogen and oxygen atoms in total. The van der Waals surface area contributed by atoms with E-state index < -0.39 is 0 Å². The first-order valence-corrected chi connectivity index (χ1v) is 9.09. The molecule has 0 aliphatic carbocycles. The molecular formula is C21H23NO5. The van der Waals surface area contributed by atoms with Crippen molar-refractivity contribution < 1.29 is 23.7 Å². The number of para-hydroxylation sites is 3. The van der Waals surface area contributed by atoms with E-state index in [2.05, 4.69) is 5.32 Å². The number of carbonyl (C=O) groups is 1. The monoisotopic (exact) mass is 369 g/mol. The summed E-state index contributed by atoms with van der Waals surface area (Å²) in [7, 11) is 0. The first kappa shape index (κ1) is 17.5. The van der Waals surface area contributed by atoms with Crippen molar-refractivity contribution in [3.8, 4) is 23.0 Å². The number of nitrogens with one attached hydrogen (secondary N) is 1. The van der Waals surface area contributed by atoms with Gasteiger partial charge in [-0.25, -0.2) is 0 Å². The molecule has 2 aliphatic rings. The number of fused-ring (bicyclic) bond motifs is 2. The maximum atomic E-state index is 12.2. The predicted octanol–water partition coefficient (Wildman–Crippen LogP) is 2.74. The molecule has 2 heterocycles. The number of amides is 1. The highest BCUT2D eigenvalue weighted by molar-refractivity contribution is 5.77. The summed E-state index contributed by atoms with van der Waals surface area (Å²) >= 11 is 0. The Hall–Kier alpha value is -2.89. The highest BCUT2D eigenvalue weighted by Crippen LogP contribution is 2.41. The van der Waals surface area contributed by atoms with Crippen LogP contribution in [-0.2, 0) is 11.2 Å². The van der Waals surface area contributed by atoms with Crippen LogP contribution >= 0.6 is 0 Å². The third-order valence-corrected chi connectivity index (χ3v) is 4.51. The third-order valence-electron chi connectivity index (χ3n) is 4.51. The fourth-order valence-corrected chi connectivity index (χ4v) is 3.29. The second kappa shape index (κ2) is 7.02. The van der Waals surface area contributed by atoms with Crippen LogP contribution < -0.4 is 24.3 Å². The summed E-state index contributed by atoms with van der Waals surface area (Å²) in [6.07, 6.45) is 0.598. The van der Waals surface area contributed by atoms with Gasteiger partial charge in [-0.3, -0.25) is 4.79 Å². The second-order valence-electron chi connectivity index (χ2n) is 7.37. The summed E-state index contributed by atoms with van der Waals surface area (Å²) in [5.74, 6) is 2.53. The van der Waals surface area contributed by atoms with E-state index in [-0.39, 0.29) is 24.2 Å². The van der Waals surface area contributed by atoms with Gasteiger partial charge in [0.2, 0.25) is 0 Å². The van der Waals surface area contributed by atoms with Crippen molar-refractivity contribution in [2.75, 3.05) is 19.8 Å². The van der Waals surface area contributed by atoms with Crippen molar-refractivity contribution in [1.29, 1.82) is 0 Å². The zero-order valence-electron chi connectivity index (χ0n) is 15.5. The average molecular weight is 369 g/mol. The molecule has 0 bridgehead atoms. The van der Waals surface area contributed by atoms with Gasteiger partial charge < -0.3 is 24.3 Å². The van der Waals surface area contributed by atoms with Crippen LogP contribution in [0.5, 0.6) is 23.0 Å². The maximum absolute atomic E-state index is 12.2. The van der Waals surface area contributed by atoms with Gasteiger partial charge in [0, 0.05) is 12.0 Å². The molecule has 27 heavy (non-hydrogen) atoms. The summed E-state index contributed by atoms with van der Waals surface area (Å²) in [6.45, 7) is 4.74. The van der Waals surface area contributed by atoms with E-state index in [4.69, 9.17) is 18.9 Å². The summed E-state index contributed by atoms with van der Waals surface area (Å²) < 4.78 is 23.1. The van der Waals surface area contributed by atoms with Crippen LogP contribution in [0.15, 0.2) is 42.5 Å². The lowest BCUT2D eigenvalue weighted by atomic mass is 10.0. The van der Waals surface area contributed by atoms with Gasteiger partial charge in [-0.15, -0.1) is 0 Å². The maximum Gasteiger partial charge on any atom is 0.258 e. The zero-order valence-corrected chi connectivity index (χ0v) is 15.5. The molecule has 0 radical (unpaired) electrons. The van der Waals surface area contributed by atoms with E-state index in [0.29, 0.717) is 24.7 Å². The lowest BCUT2D eigenvalue weighted by molar-refractivity contribution is -0.123. The topological polar surface area (TPSA) is 66.0 Å². The van der Waals surface area contributed by atoms with Crippen molar-refractivity contribution in [3.63, 3.8) is 0 Å². The summed E-state index contributed by atoms with van der Waals surface area (Å²) in [4.78, 5) is 12.2. The smallest absolute Gasteiger partial charge is 0.258 e. The van der Waals surface area contributed by atoms with Crippen LogP contribution in [0.2, 0.25) is 0 Å². The summed E-state index contributed by atoms with van der Waals surface area (Å²) in [6, 6.07) is 13.3. The van der Waals surface area contributed by atoms with Crippen LogP contribution in [0.1, 0.15) is 19.4 Å². The van der Waals surface area contributed by atoms with E-state index in [0.717, 1.165) is 23.5 Å². The minimum absolute atomic E-state index is 0.0790. The number of hydrogen-bond donors (Lipinski definition) is 1. The van der Waals surface area contributed by atoms with Gasteiger partial charge in [-0.2, -0.15) is 0 Å². The minimum Gasteiger partial charge on any atom is -0.486 e. The molecule has 0 saturated carbocycles. The lowest BCUT2D eigenvalue weighted by Gasteiger charge is -2.26. The first-order chi connectivity index (χ1) is 13.0. The van der Waals surface area contributed by atoms with Gasteiger partial charge in [0.15, 0.2) is 29.6 Å². The van der Waals surface area contributed by atoms with Gasteiger partial charge in [-0.05, 0) is 32.0 Å². The molecule has 1 N–H and O–H groups in total. The van der Waals surface area contributed by atoms with E-state index in [1.54, 1.807) is 0 Å². The molecule has 2 aromatic rings. The van der Waals surface area contributed by atoms with Gasteiger partial charge in [0.05, 0.1) is 6.54 Å². The normalized spacial score (nSPS) is 19.0. The number of carbonyl (C=O) groups excluding carboxylic acids is 1. The van der Waals surface area contributed by atoms with Crippen molar-refractivity contribution in [1.82, 2.24) is 5.32 Å². The Morgan fingerprint density at radius 1 is 1.19 bits per heavy atom. The van der Waals surface area contributed by atoms with Crippen LogP contribution in [0.3, 0.4) is 0 Å². The number of hydrogen-bond acceptors (Lipinski definition) is 5. The van der Waals surface area contributed by atoms with Gasteiger partial charge in [-0.1, -0.05) is 24.3 Å². The van der Waals surface area contributed by atoms with Gasteiger partial charge in [0.25, 0.3) is 5.91 Å². The SMILES string of the molecule is CC1(C)Cc2cccc(OCC(=O)NC[C@@H]3COc4ccccc4O3)c2O1. The van der Waals surface area contributed by atoms with Crippen LogP contribution in [0.25, 0.3) is 0 Å². The quantitative estimate of drug-likeness (QED) is 0.878. The molecule has 6 heteroatoms. The molecule has 1 atom stereocenters. The molecule has 142 valence electrons. The fourth-order valence-electron chi connectivity index (χ4n) is 3.29. The van der Waals surface area contributed by atoms with Crippen molar-refractivity contribution >= 4 is 5.91 Å². The molecule has 2 aliphatic heterocycles. The van der Waals surface area contributed by atoms with E-state index in [1.807, 2.05) is 56.3 Å². The zero-order chi connectivity index (χ0) is 18.9. The average Bonchev–Trinajstić information content (AvgIpc) is 2.99. The Labute approximate surface area is 158 Å². The van der Waals surface area contributed by atoms with E-state index in [1.165, 1.54) is 0 Å².